The highest BCUT2D eigenvalue weighted by atomic mass is 14.1. The van der Waals surface area contributed by atoms with Gasteiger partial charge in [-0.05, 0) is 24.8 Å². The molecule has 1 rings (SSSR count). The lowest BCUT2D eigenvalue weighted by molar-refractivity contribution is 0.888. The van der Waals surface area contributed by atoms with Gasteiger partial charge in [-0.15, -0.1) is 6.58 Å². The Bertz CT molecular complexity index is 251. The van der Waals surface area contributed by atoms with Gasteiger partial charge in [0.05, 0.1) is 0 Å². The monoisotopic (exact) mass is 160 g/mol. The Hall–Kier alpha value is -1.04. The molecule has 0 spiro atoms. The van der Waals surface area contributed by atoms with E-state index in [-0.39, 0.29) is 0 Å². The maximum Gasteiger partial charge on any atom is -0.00162 e. The van der Waals surface area contributed by atoms with E-state index in [0.717, 1.165) is 6.42 Å². The van der Waals surface area contributed by atoms with Crippen molar-refractivity contribution in [3.8, 4) is 0 Å². The van der Waals surface area contributed by atoms with Crippen LogP contribution in [0.5, 0.6) is 0 Å². The Kier molecular flexibility index (Phi) is 3.09. The molecule has 0 radical (unpaired) electrons. The van der Waals surface area contributed by atoms with Crippen LogP contribution in [0.2, 0.25) is 0 Å². The molecule has 0 amide bonds. The van der Waals surface area contributed by atoms with Gasteiger partial charge < -0.3 is 0 Å². The summed E-state index contributed by atoms with van der Waals surface area (Å²) in [5.41, 5.74) is 2.72. The zero-order valence-corrected chi connectivity index (χ0v) is 7.88. The fraction of sp³-hybridized carbons (Fsp3) is 0.333. The smallest absolute Gasteiger partial charge is 0.00162 e. The molecule has 0 aliphatic heterocycles. The first-order valence-corrected chi connectivity index (χ1v) is 4.41. The lowest BCUT2D eigenvalue weighted by atomic mass is 10.0. The third kappa shape index (κ3) is 2.23. The van der Waals surface area contributed by atoms with Crippen LogP contribution in [0.3, 0.4) is 0 Å². The summed E-state index contributed by atoms with van der Waals surface area (Å²) in [6.07, 6.45) is 11.9. The van der Waals surface area contributed by atoms with E-state index in [0.29, 0.717) is 5.92 Å². The van der Waals surface area contributed by atoms with E-state index in [1.165, 1.54) is 11.1 Å². The van der Waals surface area contributed by atoms with E-state index in [4.69, 9.17) is 0 Å². The molecule has 0 heterocycles. The number of rotatable bonds is 2. The van der Waals surface area contributed by atoms with Crippen molar-refractivity contribution in [2.45, 2.75) is 20.3 Å². The summed E-state index contributed by atoms with van der Waals surface area (Å²) >= 11 is 0. The molecule has 0 N–H and O–H groups in total. The molecule has 1 aliphatic rings. The van der Waals surface area contributed by atoms with Crippen molar-refractivity contribution in [2.24, 2.45) is 5.92 Å². The standard InChI is InChI=1S/C12H16/c1-4-11(3)12-7-5-6-10(2)8-9-12/h4,6-9,11H,1,5H2,2-3H3. The molecule has 64 valence electrons. The number of hydrogen-bond acceptors (Lipinski definition) is 0. The Morgan fingerprint density at radius 2 is 2.17 bits per heavy atom. The topological polar surface area (TPSA) is 0 Å². The van der Waals surface area contributed by atoms with E-state index in [1.54, 1.807) is 0 Å². The summed E-state index contributed by atoms with van der Waals surface area (Å²) < 4.78 is 0. The molecule has 0 heteroatoms. The van der Waals surface area contributed by atoms with Crippen LogP contribution in [0.1, 0.15) is 20.3 Å². The van der Waals surface area contributed by atoms with Crippen LogP contribution in [-0.4, -0.2) is 0 Å². The molecule has 0 nitrogen and oxygen atoms in total. The molecule has 0 aromatic heterocycles. The Morgan fingerprint density at radius 1 is 1.42 bits per heavy atom. The van der Waals surface area contributed by atoms with Crippen LogP contribution < -0.4 is 0 Å². The van der Waals surface area contributed by atoms with Gasteiger partial charge in [0.2, 0.25) is 0 Å². The fourth-order valence-corrected chi connectivity index (χ4v) is 1.22. The first-order valence-electron chi connectivity index (χ1n) is 4.41. The van der Waals surface area contributed by atoms with E-state index < -0.39 is 0 Å². The summed E-state index contributed by atoms with van der Waals surface area (Å²) in [7, 11) is 0. The molecule has 12 heavy (non-hydrogen) atoms. The van der Waals surface area contributed by atoms with Crippen molar-refractivity contribution < 1.29 is 0 Å². The minimum Gasteiger partial charge on any atom is -0.102 e. The van der Waals surface area contributed by atoms with Gasteiger partial charge in [0.15, 0.2) is 0 Å². The van der Waals surface area contributed by atoms with Crippen molar-refractivity contribution >= 4 is 0 Å². The third-order valence-corrected chi connectivity index (χ3v) is 2.21. The van der Waals surface area contributed by atoms with Gasteiger partial charge in [-0.1, -0.05) is 42.9 Å². The number of hydrogen-bond donors (Lipinski definition) is 0. The second-order valence-electron chi connectivity index (χ2n) is 3.25. The molecule has 1 atom stereocenters. The maximum atomic E-state index is 3.79. The molecular weight excluding hydrogens is 144 g/mol. The van der Waals surface area contributed by atoms with Gasteiger partial charge >= 0.3 is 0 Å². The summed E-state index contributed by atoms with van der Waals surface area (Å²) in [5.74, 6) is 0.473. The Morgan fingerprint density at radius 3 is 2.83 bits per heavy atom. The van der Waals surface area contributed by atoms with Crippen molar-refractivity contribution in [1.82, 2.24) is 0 Å². The largest absolute Gasteiger partial charge is 0.102 e. The van der Waals surface area contributed by atoms with E-state index in [1.807, 2.05) is 6.08 Å². The fourth-order valence-electron chi connectivity index (χ4n) is 1.22. The van der Waals surface area contributed by atoms with Crippen LogP contribution in [-0.2, 0) is 0 Å². The lowest BCUT2D eigenvalue weighted by Crippen LogP contribution is -1.91. The van der Waals surface area contributed by atoms with Crippen molar-refractivity contribution in [3.05, 3.63) is 48.1 Å². The zero-order valence-electron chi connectivity index (χ0n) is 7.88. The minimum atomic E-state index is 0.473. The summed E-state index contributed by atoms with van der Waals surface area (Å²) in [6, 6.07) is 0. The zero-order chi connectivity index (χ0) is 8.97. The quantitative estimate of drug-likeness (QED) is 0.541. The maximum absolute atomic E-state index is 3.79. The SMILES string of the molecule is C=CC(C)C1=CCC=C(C)C=C1. The van der Waals surface area contributed by atoms with E-state index in [9.17, 15) is 0 Å². The lowest BCUT2D eigenvalue weighted by Gasteiger charge is -2.05. The third-order valence-electron chi connectivity index (χ3n) is 2.21. The second kappa shape index (κ2) is 4.10. The van der Waals surface area contributed by atoms with Crippen LogP contribution in [0.4, 0.5) is 0 Å². The van der Waals surface area contributed by atoms with Gasteiger partial charge in [-0.2, -0.15) is 0 Å². The van der Waals surface area contributed by atoms with Crippen molar-refractivity contribution in [2.75, 3.05) is 0 Å². The van der Waals surface area contributed by atoms with Crippen molar-refractivity contribution in [1.29, 1.82) is 0 Å². The van der Waals surface area contributed by atoms with Crippen molar-refractivity contribution in [3.63, 3.8) is 0 Å². The summed E-state index contributed by atoms with van der Waals surface area (Å²) in [4.78, 5) is 0. The first kappa shape index (κ1) is 9.05. The predicted molar refractivity (Wildman–Crippen MR) is 55.0 cm³/mol. The highest BCUT2D eigenvalue weighted by molar-refractivity contribution is 5.33. The van der Waals surface area contributed by atoms with Gasteiger partial charge in [-0.3, -0.25) is 0 Å². The summed E-state index contributed by atoms with van der Waals surface area (Å²) in [5, 5.41) is 0. The van der Waals surface area contributed by atoms with E-state index >= 15 is 0 Å². The van der Waals surface area contributed by atoms with Crippen LogP contribution in [0.15, 0.2) is 48.1 Å². The van der Waals surface area contributed by atoms with Gasteiger partial charge in [-0.25, -0.2) is 0 Å². The normalized spacial score (nSPS) is 19.2. The second-order valence-corrected chi connectivity index (χ2v) is 3.25. The molecule has 0 aromatic carbocycles. The van der Waals surface area contributed by atoms with Crippen LogP contribution >= 0.6 is 0 Å². The highest BCUT2D eigenvalue weighted by Gasteiger charge is 2.01. The molecular formula is C12H16. The number of allylic oxidation sites excluding steroid dienone is 7. The predicted octanol–water partition coefficient (Wildman–Crippen LogP) is 3.64. The molecule has 0 saturated heterocycles. The molecule has 1 unspecified atom stereocenters. The first-order chi connectivity index (χ1) is 5.74. The highest BCUT2D eigenvalue weighted by Crippen LogP contribution is 2.17. The van der Waals surface area contributed by atoms with E-state index in [2.05, 4.69) is 44.7 Å². The minimum absolute atomic E-state index is 0.473. The molecule has 0 fully saturated rings. The van der Waals surface area contributed by atoms with Crippen LogP contribution in [0, 0.1) is 5.92 Å². The average molecular weight is 160 g/mol. The molecule has 0 aromatic rings. The molecule has 1 aliphatic carbocycles. The van der Waals surface area contributed by atoms with Gasteiger partial charge in [0, 0.05) is 0 Å². The van der Waals surface area contributed by atoms with Gasteiger partial charge in [0.25, 0.3) is 0 Å². The Balaban J connectivity index is 2.76. The summed E-state index contributed by atoms with van der Waals surface area (Å²) in [6.45, 7) is 8.09. The molecule has 0 saturated carbocycles. The average Bonchev–Trinajstić information content (AvgIpc) is 2.29. The Labute approximate surface area is 75.0 Å². The van der Waals surface area contributed by atoms with Crippen LogP contribution in [0.25, 0.3) is 0 Å². The molecule has 0 bridgehead atoms. The van der Waals surface area contributed by atoms with Gasteiger partial charge in [0.1, 0.15) is 0 Å².